The Morgan fingerprint density at radius 1 is 0.958 bits per heavy atom. The Bertz CT molecular complexity index is 731. The lowest BCUT2D eigenvalue weighted by Gasteiger charge is -2.42. The van der Waals surface area contributed by atoms with Crippen molar-refractivity contribution < 1.29 is 4.79 Å². The third-order valence-electron chi connectivity index (χ3n) is 5.13. The lowest BCUT2D eigenvalue weighted by atomic mass is 10.0. The predicted octanol–water partition coefficient (Wildman–Crippen LogP) is 3.16. The molecule has 0 saturated carbocycles. The highest BCUT2D eigenvalue weighted by molar-refractivity contribution is 5.94. The Balaban J connectivity index is 1.63. The first kappa shape index (κ1) is 15.2. The van der Waals surface area contributed by atoms with Crippen LogP contribution in [0.4, 0.5) is 10.5 Å². The molecule has 1 atom stereocenters. The molecule has 2 aromatic carbocycles. The van der Waals surface area contributed by atoms with E-state index in [1.165, 1.54) is 11.1 Å². The molecule has 2 aromatic rings. The summed E-state index contributed by atoms with van der Waals surface area (Å²) >= 11 is 0. The maximum atomic E-state index is 13.3. The van der Waals surface area contributed by atoms with Crippen molar-refractivity contribution in [2.75, 3.05) is 38.1 Å². The fourth-order valence-corrected chi connectivity index (χ4v) is 3.80. The van der Waals surface area contributed by atoms with Crippen LogP contribution in [0.25, 0.3) is 0 Å². The average Bonchev–Trinajstić information content (AvgIpc) is 3.06. The van der Waals surface area contributed by atoms with Gasteiger partial charge in [0.15, 0.2) is 0 Å². The van der Waals surface area contributed by atoms with Gasteiger partial charge >= 0.3 is 6.03 Å². The number of amides is 2. The number of likely N-dealkylation sites (N-methyl/N-ethyl adjacent to an activating group) is 1. The molecule has 1 unspecified atom stereocenters. The van der Waals surface area contributed by atoms with E-state index in [0.717, 1.165) is 38.3 Å². The minimum absolute atomic E-state index is 0.116. The van der Waals surface area contributed by atoms with Gasteiger partial charge < -0.3 is 9.80 Å². The third-order valence-corrected chi connectivity index (χ3v) is 5.13. The van der Waals surface area contributed by atoms with Crippen LogP contribution >= 0.6 is 0 Å². The fourth-order valence-electron chi connectivity index (χ4n) is 3.80. The SMILES string of the molecule is CN1CCN(C(=O)N2CCc3ccccc32)C(c2ccccc2)C1. The number of hydrogen-bond donors (Lipinski definition) is 0. The molecule has 2 aliphatic rings. The van der Waals surface area contributed by atoms with Crippen molar-refractivity contribution in [3.63, 3.8) is 0 Å². The number of hydrogen-bond acceptors (Lipinski definition) is 2. The molecule has 4 nitrogen and oxygen atoms in total. The van der Waals surface area contributed by atoms with Gasteiger partial charge in [-0.05, 0) is 30.7 Å². The van der Waals surface area contributed by atoms with Crippen molar-refractivity contribution in [1.29, 1.82) is 0 Å². The Morgan fingerprint density at radius 3 is 2.54 bits per heavy atom. The summed E-state index contributed by atoms with van der Waals surface area (Å²) in [5.74, 6) is 0. The number of benzene rings is 2. The van der Waals surface area contributed by atoms with E-state index in [0.29, 0.717) is 0 Å². The van der Waals surface area contributed by atoms with Gasteiger partial charge in [0.25, 0.3) is 0 Å². The lowest BCUT2D eigenvalue weighted by molar-refractivity contribution is 0.113. The van der Waals surface area contributed by atoms with Crippen LogP contribution in [0, 0.1) is 0 Å². The summed E-state index contributed by atoms with van der Waals surface area (Å²) in [4.78, 5) is 19.6. The zero-order chi connectivity index (χ0) is 16.5. The van der Waals surface area contributed by atoms with Crippen molar-refractivity contribution >= 4 is 11.7 Å². The van der Waals surface area contributed by atoms with Crippen molar-refractivity contribution in [2.24, 2.45) is 0 Å². The number of fused-ring (bicyclic) bond motifs is 1. The molecule has 2 heterocycles. The molecular formula is C20H23N3O. The monoisotopic (exact) mass is 321 g/mol. The molecule has 0 spiro atoms. The molecule has 124 valence electrons. The molecule has 1 fully saturated rings. The predicted molar refractivity (Wildman–Crippen MR) is 96.3 cm³/mol. The van der Waals surface area contributed by atoms with Gasteiger partial charge in [0.05, 0.1) is 6.04 Å². The molecule has 2 aliphatic heterocycles. The normalized spacial score (nSPS) is 21.0. The summed E-state index contributed by atoms with van der Waals surface area (Å²) in [7, 11) is 2.13. The van der Waals surface area contributed by atoms with Crippen LogP contribution in [0.1, 0.15) is 17.2 Å². The minimum Gasteiger partial charge on any atom is -0.315 e. The molecular weight excluding hydrogens is 298 g/mol. The Labute approximate surface area is 143 Å². The summed E-state index contributed by atoms with van der Waals surface area (Å²) in [6, 6.07) is 18.9. The van der Waals surface area contributed by atoms with Crippen LogP contribution in [-0.2, 0) is 6.42 Å². The standard InChI is InChI=1S/C20H23N3O/c1-21-13-14-23(19(15-21)16-7-3-2-4-8-16)20(24)22-12-11-17-9-5-6-10-18(17)22/h2-10,19H,11-15H2,1H3. The average molecular weight is 321 g/mol. The highest BCUT2D eigenvalue weighted by atomic mass is 16.2. The van der Waals surface area contributed by atoms with Crippen molar-refractivity contribution in [1.82, 2.24) is 9.80 Å². The zero-order valence-corrected chi connectivity index (χ0v) is 14.1. The van der Waals surface area contributed by atoms with Crippen LogP contribution in [0.3, 0.4) is 0 Å². The molecule has 0 bridgehead atoms. The van der Waals surface area contributed by atoms with E-state index in [1.807, 2.05) is 17.0 Å². The first-order chi connectivity index (χ1) is 11.7. The number of rotatable bonds is 1. The molecule has 0 aliphatic carbocycles. The number of urea groups is 1. The smallest absolute Gasteiger partial charge is 0.315 e. The molecule has 2 amide bonds. The van der Waals surface area contributed by atoms with Crippen LogP contribution in [0.2, 0.25) is 0 Å². The lowest BCUT2D eigenvalue weighted by Crippen LogP contribution is -2.53. The first-order valence-electron chi connectivity index (χ1n) is 8.63. The van der Waals surface area contributed by atoms with E-state index in [-0.39, 0.29) is 12.1 Å². The fraction of sp³-hybridized carbons (Fsp3) is 0.350. The Morgan fingerprint density at radius 2 is 1.71 bits per heavy atom. The third kappa shape index (κ3) is 2.67. The quantitative estimate of drug-likeness (QED) is 0.807. The molecule has 4 heteroatoms. The zero-order valence-electron chi connectivity index (χ0n) is 14.1. The number of piperazine rings is 1. The molecule has 0 aromatic heterocycles. The summed E-state index contributed by atoms with van der Waals surface area (Å²) in [6.45, 7) is 3.36. The van der Waals surface area contributed by atoms with Gasteiger partial charge in [-0.25, -0.2) is 4.79 Å². The van der Waals surface area contributed by atoms with E-state index in [2.05, 4.69) is 59.3 Å². The number of para-hydroxylation sites is 1. The molecule has 4 rings (SSSR count). The maximum Gasteiger partial charge on any atom is 0.325 e. The van der Waals surface area contributed by atoms with Crippen LogP contribution in [-0.4, -0.2) is 49.1 Å². The van der Waals surface area contributed by atoms with Crippen molar-refractivity contribution in [3.05, 3.63) is 65.7 Å². The highest BCUT2D eigenvalue weighted by Gasteiger charge is 2.35. The number of nitrogens with zero attached hydrogens (tertiary/aromatic N) is 3. The van der Waals surface area contributed by atoms with Gasteiger partial charge in [-0.15, -0.1) is 0 Å². The molecule has 1 saturated heterocycles. The van der Waals surface area contributed by atoms with Crippen molar-refractivity contribution in [2.45, 2.75) is 12.5 Å². The van der Waals surface area contributed by atoms with E-state index in [4.69, 9.17) is 0 Å². The van der Waals surface area contributed by atoms with E-state index < -0.39 is 0 Å². The summed E-state index contributed by atoms with van der Waals surface area (Å²) < 4.78 is 0. The summed E-state index contributed by atoms with van der Waals surface area (Å²) in [6.07, 6.45) is 0.950. The second-order valence-corrected chi connectivity index (χ2v) is 6.70. The topological polar surface area (TPSA) is 26.8 Å². The van der Waals surface area contributed by atoms with Gasteiger partial charge in [-0.1, -0.05) is 48.5 Å². The van der Waals surface area contributed by atoms with E-state index in [9.17, 15) is 4.79 Å². The first-order valence-corrected chi connectivity index (χ1v) is 8.63. The van der Waals surface area contributed by atoms with Gasteiger partial charge in [0.2, 0.25) is 0 Å². The number of carbonyl (C=O) groups is 1. The van der Waals surface area contributed by atoms with Crippen LogP contribution in [0.5, 0.6) is 0 Å². The molecule has 24 heavy (non-hydrogen) atoms. The van der Waals surface area contributed by atoms with Crippen molar-refractivity contribution in [3.8, 4) is 0 Å². The van der Waals surface area contributed by atoms with E-state index >= 15 is 0 Å². The highest BCUT2D eigenvalue weighted by Crippen LogP contribution is 2.32. The number of anilines is 1. The second kappa shape index (κ2) is 6.29. The van der Waals surface area contributed by atoms with Gasteiger partial charge in [-0.2, -0.15) is 0 Å². The maximum absolute atomic E-state index is 13.3. The minimum atomic E-state index is 0.116. The van der Waals surface area contributed by atoms with Gasteiger partial charge in [0.1, 0.15) is 0 Å². The molecule has 0 radical (unpaired) electrons. The largest absolute Gasteiger partial charge is 0.325 e. The Hall–Kier alpha value is -2.33. The van der Waals surface area contributed by atoms with Gasteiger partial charge in [-0.3, -0.25) is 4.90 Å². The van der Waals surface area contributed by atoms with Gasteiger partial charge in [0, 0.05) is 31.9 Å². The molecule has 0 N–H and O–H groups in total. The second-order valence-electron chi connectivity index (χ2n) is 6.70. The summed E-state index contributed by atoms with van der Waals surface area (Å²) in [5, 5.41) is 0. The summed E-state index contributed by atoms with van der Waals surface area (Å²) in [5.41, 5.74) is 3.56. The Kier molecular flexibility index (Phi) is 3.98. The van der Waals surface area contributed by atoms with E-state index in [1.54, 1.807) is 0 Å². The number of carbonyl (C=O) groups excluding carboxylic acids is 1. The van der Waals surface area contributed by atoms with Crippen LogP contribution < -0.4 is 4.90 Å². The van der Waals surface area contributed by atoms with Crippen LogP contribution in [0.15, 0.2) is 54.6 Å².